The lowest BCUT2D eigenvalue weighted by atomic mass is 10.1. The highest BCUT2D eigenvalue weighted by Crippen LogP contribution is 2.20. The van der Waals surface area contributed by atoms with E-state index >= 15 is 0 Å². The van der Waals surface area contributed by atoms with Crippen LogP contribution in [0.3, 0.4) is 0 Å². The number of rotatable bonds is 4. The second-order valence-corrected chi connectivity index (χ2v) is 4.55. The van der Waals surface area contributed by atoms with E-state index in [9.17, 15) is 0 Å². The van der Waals surface area contributed by atoms with Crippen molar-refractivity contribution in [2.24, 2.45) is 0 Å². The molecule has 1 aromatic heterocycles. The van der Waals surface area contributed by atoms with Crippen molar-refractivity contribution in [3.63, 3.8) is 0 Å². The van der Waals surface area contributed by atoms with Crippen molar-refractivity contribution < 1.29 is 9.84 Å². The van der Waals surface area contributed by atoms with Crippen LogP contribution >= 0.6 is 11.6 Å². The highest BCUT2D eigenvalue weighted by Gasteiger charge is 2.20. The summed E-state index contributed by atoms with van der Waals surface area (Å²) in [5, 5.41) is 9.36. The maximum absolute atomic E-state index is 8.69. The van der Waals surface area contributed by atoms with Crippen LogP contribution in [-0.4, -0.2) is 42.5 Å². The predicted molar refractivity (Wildman–Crippen MR) is 67.5 cm³/mol. The van der Waals surface area contributed by atoms with Gasteiger partial charge in [0.2, 0.25) is 0 Å². The molecule has 0 radical (unpaired) electrons. The summed E-state index contributed by atoms with van der Waals surface area (Å²) in [6.45, 7) is 2.40. The van der Waals surface area contributed by atoms with Crippen molar-refractivity contribution in [2.45, 2.75) is 18.9 Å². The molecule has 0 aliphatic carbocycles. The second kappa shape index (κ2) is 6.19. The summed E-state index contributed by atoms with van der Waals surface area (Å²) in [6.07, 6.45) is 3.89. The van der Waals surface area contributed by atoms with Gasteiger partial charge in [-0.2, -0.15) is 0 Å². The maximum atomic E-state index is 8.69. The van der Waals surface area contributed by atoms with Crippen molar-refractivity contribution in [1.82, 2.24) is 4.98 Å². The molecule has 1 aliphatic rings. The van der Waals surface area contributed by atoms with Crippen molar-refractivity contribution in [2.75, 3.05) is 31.2 Å². The van der Waals surface area contributed by atoms with Gasteiger partial charge in [-0.3, -0.25) is 0 Å². The fourth-order valence-corrected chi connectivity index (χ4v) is 2.14. The SMILES string of the molecule is OCCOC1CCN(c2ccc(Cl)cn2)CC1. The van der Waals surface area contributed by atoms with Crippen molar-refractivity contribution >= 4 is 17.4 Å². The summed E-state index contributed by atoms with van der Waals surface area (Å²) in [4.78, 5) is 6.53. The summed E-state index contributed by atoms with van der Waals surface area (Å²) in [7, 11) is 0. The largest absolute Gasteiger partial charge is 0.394 e. The molecule has 5 heteroatoms. The van der Waals surface area contributed by atoms with Crippen LogP contribution in [0.15, 0.2) is 18.3 Å². The first-order valence-corrected chi connectivity index (χ1v) is 6.26. The molecule has 0 bridgehead atoms. The topological polar surface area (TPSA) is 45.6 Å². The van der Waals surface area contributed by atoms with Gasteiger partial charge in [0.1, 0.15) is 5.82 Å². The van der Waals surface area contributed by atoms with Gasteiger partial charge in [0, 0.05) is 19.3 Å². The standard InChI is InChI=1S/C12H17ClN2O2/c13-10-1-2-12(14-9-10)15-5-3-11(4-6-15)17-8-7-16/h1-2,9,11,16H,3-8H2. The third-order valence-electron chi connectivity index (χ3n) is 2.92. The Bertz CT molecular complexity index is 337. The van der Waals surface area contributed by atoms with Gasteiger partial charge in [-0.05, 0) is 25.0 Å². The molecule has 0 saturated carbocycles. The maximum Gasteiger partial charge on any atom is 0.128 e. The Kier molecular flexibility index (Phi) is 4.59. The summed E-state index contributed by atoms with van der Waals surface area (Å²) >= 11 is 5.81. The lowest BCUT2D eigenvalue weighted by Crippen LogP contribution is -2.37. The quantitative estimate of drug-likeness (QED) is 0.891. The van der Waals surface area contributed by atoms with Crippen LogP contribution in [0.2, 0.25) is 5.02 Å². The van der Waals surface area contributed by atoms with Crippen molar-refractivity contribution in [3.8, 4) is 0 Å². The molecule has 0 aromatic carbocycles. The summed E-state index contributed by atoms with van der Waals surface area (Å²) in [6, 6.07) is 3.80. The Morgan fingerprint density at radius 2 is 2.18 bits per heavy atom. The molecule has 1 aliphatic heterocycles. The third-order valence-corrected chi connectivity index (χ3v) is 3.15. The minimum atomic E-state index is 0.0962. The number of aliphatic hydroxyl groups is 1. The lowest BCUT2D eigenvalue weighted by molar-refractivity contribution is 0.0158. The number of piperidine rings is 1. The average Bonchev–Trinajstić information content (AvgIpc) is 2.38. The summed E-state index contributed by atoms with van der Waals surface area (Å²) in [5.74, 6) is 0.968. The zero-order valence-corrected chi connectivity index (χ0v) is 10.4. The molecule has 0 amide bonds. The monoisotopic (exact) mass is 256 g/mol. The fraction of sp³-hybridized carbons (Fsp3) is 0.583. The van der Waals surface area contributed by atoms with Crippen molar-refractivity contribution in [1.29, 1.82) is 0 Å². The van der Waals surface area contributed by atoms with E-state index in [2.05, 4.69) is 9.88 Å². The number of aliphatic hydroxyl groups excluding tert-OH is 1. The Labute approximate surface area is 106 Å². The predicted octanol–water partition coefficient (Wildman–Crippen LogP) is 1.71. The smallest absolute Gasteiger partial charge is 0.128 e. The van der Waals surface area contributed by atoms with Crippen LogP contribution in [0, 0.1) is 0 Å². The van der Waals surface area contributed by atoms with E-state index in [0.717, 1.165) is 31.7 Å². The van der Waals surface area contributed by atoms with Gasteiger partial charge < -0.3 is 14.7 Å². The fourth-order valence-electron chi connectivity index (χ4n) is 2.03. The van der Waals surface area contributed by atoms with Crippen LogP contribution in [0.4, 0.5) is 5.82 Å². The van der Waals surface area contributed by atoms with Gasteiger partial charge in [0.15, 0.2) is 0 Å². The number of hydrogen-bond donors (Lipinski definition) is 1. The number of ether oxygens (including phenoxy) is 1. The van der Waals surface area contributed by atoms with E-state index in [1.165, 1.54) is 0 Å². The van der Waals surface area contributed by atoms with Gasteiger partial charge in [0.25, 0.3) is 0 Å². The molecule has 0 atom stereocenters. The highest BCUT2D eigenvalue weighted by molar-refractivity contribution is 6.30. The van der Waals surface area contributed by atoms with Crippen LogP contribution in [0.25, 0.3) is 0 Å². The number of halogens is 1. The molecule has 4 nitrogen and oxygen atoms in total. The van der Waals surface area contributed by atoms with Crippen LogP contribution in [0.1, 0.15) is 12.8 Å². The molecule has 0 unspecified atom stereocenters. The molecule has 1 N–H and O–H groups in total. The minimum Gasteiger partial charge on any atom is -0.394 e. The molecule has 1 saturated heterocycles. The Balaban J connectivity index is 1.84. The molecule has 0 spiro atoms. The van der Waals surface area contributed by atoms with Crippen molar-refractivity contribution in [3.05, 3.63) is 23.4 Å². The molecule has 94 valence electrons. The molecule has 2 rings (SSSR count). The zero-order valence-electron chi connectivity index (χ0n) is 9.68. The Morgan fingerprint density at radius 1 is 1.41 bits per heavy atom. The van der Waals surface area contributed by atoms with Crippen LogP contribution < -0.4 is 4.90 Å². The number of nitrogens with zero attached hydrogens (tertiary/aromatic N) is 2. The highest BCUT2D eigenvalue weighted by atomic mass is 35.5. The lowest BCUT2D eigenvalue weighted by Gasteiger charge is -2.32. The third kappa shape index (κ3) is 3.56. The first-order chi connectivity index (χ1) is 8.29. The molecule has 1 aromatic rings. The van der Waals surface area contributed by atoms with E-state index in [1.54, 1.807) is 6.20 Å². The van der Waals surface area contributed by atoms with E-state index in [1.807, 2.05) is 12.1 Å². The van der Waals surface area contributed by atoms with Crippen LogP contribution in [0.5, 0.6) is 0 Å². The molecular weight excluding hydrogens is 240 g/mol. The average molecular weight is 257 g/mol. The van der Waals surface area contributed by atoms with E-state index in [0.29, 0.717) is 11.6 Å². The molecule has 2 heterocycles. The molecule has 17 heavy (non-hydrogen) atoms. The van der Waals surface area contributed by atoms with Crippen LogP contribution in [-0.2, 0) is 4.74 Å². The molecular formula is C12H17ClN2O2. The van der Waals surface area contributed by atoms with E-state index in [-0.39, 0.29) is 12.7 Å². The number of anilines is 1. The Morgan fingerprint density at radius 3 is 2.76 bits per heavy atom. The van der Waals surface area contributed by atoms with E-state index < -0.39 is 0 Å². The first kappa shape index (κ1) is 12.6. The van der Waals surface area contributed by atoms with Gasteiger partial charge in [-0.1, -0.05) is 11.6 Å². The summed E-state index contributed by atoms with van der Waals surface area (Å²) in [5.41, 5.74) is 0. The van der Waals surface area contributed by atoms with Gasteiger partial charge >= 0.3 is 0 Å². The normalized spacial score (nSPS) is 17.4. The number of hydrogen-bond acceptors (Lipinski definition) is 4. The number of pyridine rings is 1. The first-order valence-electron chi connectivity index (χ1n) is 5.88. The molecule has 1 fully saturated rings. The van der Waals surface area contributed by atoms with Gasteiger partial charge in [-0.15, -0.1) is 0 Å². The second-order valence-electron chi connectivity index (χ2n) is 4.12. The van der Waals surface area contributed by atoms with E-state index in [4.69, 9.17) is 21.4 Å². The number of aromatic nitrogens is 1. The zero-order chi connectivity index (χ0) is 12.1. The van der Waals surface area contributed by atoms with Gasteiger partial charge in [-0.25, -0.2) is 4.98 Å². The summed E-state index contributed by atoms with van der Waals surface area (Å²) < 4.78 is 5.52. The minimum absolute atomic E-state index is 0.0962. The van der Waals surface area contributed by atoms with Gasteiger partial charge in [0.05, 0.1) is 24.3 Å². The Hall–Kier alpha value is -0.840.